The fraction of sp³-hybridized carbons (Fsp3) is 0.583. The van der Waals surface area contributed by atoms with E-state index in [-0.39, 0.29) is 11.9 Å². The number of aromatic nitrogens is 2. The lowest BCUT2D eigenvalue weighted by atomic mass is 10.2. The van der Waals surface area contributed by atoms with Crippen molar-refractivity contribution in [3.05, 3.63) is 11.3 Å². The van der Waals surface area contributed by atoms with Crippen LogP contribution in [0.5, 0.6) is 0 Å². The Morgan fingerprint density at radius 2 is 2.22 bits per heavy atom. The van der Waals surface area contributed by atoms with E-state index in [9.17, 15) is 4.79 Å². The number of nitrogens with one attached hydrogen (secondary N) is 2. The number of aryl methyl sites for hydroxylation is 2. The molecule has 0 bridgehead atoms. The topological polar surface area (TPSA) is 82.7 Å². The number of hydrogen-bond donors (Lipinski definition) is 2. The third kappa shape index (κ3) is 3.48. The smallest absolute Gasteiger partial charge is 0.221 e. The number of nitrogens with zero attached hydrogens (tertiary/aromatic N) is 3. The summed E-state index contributed by atoms with van der Waals surface area (Å²) in [6.07, 6.45) is 0.368. The zero-order valence-corrected chi connectivity index (χ0v) is 11.2. The molecule has 1 aromatic rings. The van der Waals surface area contributed by atoms with E-state index in [1.165, 1.54) is 0 Å². The quantitative estimate of drug-likeness (QED) is 0.813. The summed E-state index contributed by atoms with van der Waals surface area (Å²) >= 11 is 0. The largest absolute Gasteiger partial charge is 0.369 e. The van der Waals surface area contributed by atoms with Gasteiger partial charge in [0.2, 0.25) is 5.91 Å². The lowest BCUT2D eigenvalue weighted by Crippen LogP contribution is -2.31. The molecular formula is C12H19N5O. The Balaban J connectivity index is 2.55. The van der Waals surface area contributed by atoms with Crippen LogP contribution >= 0.6 is 0 Å². The summed E-state index contributed by atoms with van der Waals surface area (Å²) in [7, 11) is 1.77. The van der Waals surface area contributed by atoms with Crippen LogP contribution in [0.3, 0.4) is 0 Å². The van der Waals surface area contributed by atoms with Crippen LogP contribution in [0.4, 0.5) is 5.82 Å². The van der Waals surface area contributed by atoms with Gasteiger partial charge in [-0.1, -0.05) is 0 Å². The van der Waals surface area contributed by atoms with Crippen molar-refractivity contribution in [2.24, 2.45) is 7.05 Å². The molecule has 1 rings (SSSR count). The number of amides is 1. The number of rotatable bonds is 5. The summed E-state index contributed by atoms with van der Waals surface area (Å²) in [5.41, 5.74) is 1.22. The molecule has 0 radical (unpaired) electrons. The predicted molar refractivity (Wildman–Crippen MR) is 69.0 cm³/mol. The van der Waals surface area contributed by atoms with Crippen molar-refractivity contribution in [3.63, 3.8) is 0 Å². The molecule has 0 unspecified atom stereocenters. The summed E-state index contributed by atoms with van der Waals surface area (Å²) in [6.45, 7) is 6.11. The van der Waals surface area contributed by atoms with E-state index in [0.717, 1.165) is 0 Å². The number of carbonyl (C=O) groups is 1. The summed E-state index contributed by atoms with van der Waals surface area (Å²) in [5, 5.41) is 19.1. The van der Waals surface area contributed by atoms with Gasteiger partial charge >= 0.3 is 0 Å². The summed E-state index contributed by atoms with van der Waals surface area (Å²) < 4.78 is 1.62. The Kier molecular flexibility index (Phi) is 4.72. The van der Waals surface area contributed by atoms with Crippen molar-refractivity contribution in [3.8, 4) is 6.07 Å². The first-order valence-electron chi connectivity index (χ1n) is 5.92. The van der Waals surface area contributed by atoms with Crippen molar-refractivity contribution in [1.29, 1.82) is 5.26 Å². The normalized spacial score (nSPS) is 10.2. The molecule has 1 aromatic heterocycles. The maximum absolute atomic E-state index is 11.4. The Morgan fingerprint density at radius 1 is 1.56 bits per heavy atom. The molecule has 1 amide bonds. The van der Waals surface area contributed by atoms with E-state index < -0.39 is 0 Å². The van der Waals surface area contributed by atoms with Gasteiger partial charge in [0.05, 0.1) is 5.69 Å². The second-order valence-electron chi connectivity index (χ2n) is 4.44. The van der Waals surface area contributed by atoms with Crippen LogP contribution in [0.25, 0.3) is 0 Å². The van der Waals surface area contributed by atoms with Gasteiger partial charge in [-0.25, -0.2) is 0 Å². The minimum absolute atomic E-state index is 0.00472. The molecule has 0 saturated carbocycles. The number of anilines is 1. The van der Waals surface area contributed by atoms with Gasteiger partial charge < -0.3 is 10.6 Å². The van der Waals surface area contributed by atoms with Gasteiger partial charge in [-0.2, -0.15) is 10.4 Å². The Labute approximate surface area is 107 Å². The van der Waals surface area contributed by atoms with E-state index >= 15 is 0 Å². The Morgan fingerprint density at radius 3 is 2.78 bits per heavy atom. The summed E-state index contributed by atoms with van der Waals surface area (Å²) in [6, 6.07) is 2.25. The van der Waals surface area contributed by atoms with Gasteiger partial charge in [0.15, 0.2) is 0 Å². The van der Waals surface area contributed by atoms with Crippen molar-refractivity contribution in [2.75, 3.05) is 11.9 Å². The lowest BCUT2D eigenvalue weighted by Gasteiger charge is -2.09. The van der Waals surface area contributed by atoms with Crippen LogP contribution in [0.15, 0.2) is 0 Å². The molecule has 6 nitrogen and oxygen atoms in total. The van der Waals surface area contributed by atoms with Crippen molar-refractivity contribution < 1.29 is 4.79 Å². The summed E-state index contributed by atoms with van der Waals surface area (Å²) in [4.78, 5) is 11.4. The van der Waals surface area contributed by atoms with Gasteiger partial charge in [-0.05, 0) is 20.8 Å². The van der Waals surface area contributed by atoms with E-state index in [0.29, 0.717) is 30.0 Å². The minimum atomic E-state index is -0.00472. The third-order valence-electron chi connectivity index (χ3n) is 2.43. The van der Waals surface area contributed by atoms with E-state index in [1.54, 1.807) is 18.7 Å². The monoisotopic (exact) mass is 249 g/mol. The fourth-order valence-electron chi connectivity index (χ4n) is 1.68. The predicted octanol–water partition coefficient (Wildman–Crippen LogP) is 0.927. The maximum atomic E-state index is 11.4. The first-order valence-corrected chi connectivity index (χ1v) is 5.92. The molecule has 0 spiro atoms. The average molecular weight is 249 g/mol. The molecule has 0 saturated heterocycles. The van der Waals surface area contributed by atoms with E-state index in [4.69, 9.17) is 5.26 Å². The molecule has 0 aliphatic rings. The van der Waals surface area contributed by atoms with Gasteiger partial charge in [0.25, 0.3) is 0 Å². The second kappa shape index (κ2) is 6.05. The van der Waals surface area contributed by atoms with Crippen molar-refractivity contribution >= 4 is 11.7 Å². The number of hydrogen-bond acceptors (Lipinski definition) is 4. The molecule has 0 aromatic carbocycles. The zero-order chi connectivity index (χ0) is 13.7. The average Bonchev–Trinajstić information content (AvgIpc) is 2.52. The molecule has 0 atom stereocenters. The van der Waals surface area contributed by atoms with Gasteiger partial charge in [-0.15, -0.1) is 0 Å². The first-order chi connectivity index (χ1) is 8.45. The Hall–Kier alpha value is -2.03. The molecule has 6 heteroatoms. The van der Waals surface area contributed by atoms with Crippen molar-refractivity contribution in [2.45, 2.75) is 33.2 Å². The molecule has 18 heavy (non-hydrogen) atoms. The van der Waals surface area contributed by atoms with Crippen LogP contribution in [0, 0.1) is 18.3 Å². The molecule has 0 aliphatic carbocycles. The standard InChI is InChI=1S/C12H19N5O/c1-8(2)15-11(18)5-6-14-12-10(7-13)9(3)16-17(12)4/h8,14H,5-6H2,1-4H3,(H,15,18). The van der Waals surface area contributed by atoms with E-state index in [2.05, 4.69) is 21.8 Å². The number of carbonyl (C=O) groups excluding carboxylic acids is 1. The molecule has 98 valence electrons. The van der Waals surface area contributed by atoms with Crippen LogP contribution in [-0.2, 0) is 11.8 Å². The molecular weight excluding hydrogens is 230 g/mol. The van der Waals surface area contributed by atoms with Crippen LogP contribution in [-0.4, -0.2) is 28.3 Å². The van der Waals surface area contributed by atoms with Gasteiger partial charge in [0.1, 0.15) is 17.5 Å². The van der Waals surface area contributed by atoms with Gasteiger partial charge in [0, 0.05) is 26.1 Å². The highest BCUT2D eigenvalue weighted by atomic mass is 16.1. The zero-order valence-electron chi connectivity index (χ0n) is 11.2. The van der Waals surface area contributed by atoms with Crippen LogP contribution < -0.4 is 10.6 Å². The molecule has 0 aliphatic heterocycles. The SMILES string of the molecule is Cc1nn(C)c(NCCC(=O)NC(C)C)c1C#N. The first kappa shape index (κ1) is 14.0. The van der Waals surface area contributed by atoms with Crippen molar-refractivity contribution in [1.82, 2.24) is 15.1 Å². The Bertz CT molecular complexity index is 470. The molecule has 0 fully saturated rings. The van der Waals surface area contributed by atoms with Gasteiger partial charge in [-0.3, -0.25) is 9.48 Å². The van der Waals surface area contributed by atoms with Crippen LogP contribution in [0.1, 0.15) is 31.5 Å². The summed E-state index contributed by atoms with van der Waals surface area (Å²) in [5.74, 6) is 0.655. The molecule has 2 N–H and O–H groups in total. The number of nitriles is 1. The fourth-order valence-corrected chi connectivity index (χ4v) is 1.68. The maximum Gasteiger partial charge on any atom is 0.221 e. The van der Waals surface area contributed by atoms with Crippen LogP contribution in [0.2, 0.25) is 0 Å². The third-order valence-corrected chi connectivity index (χ3v) is 2.43. The highest BCUT2D eigenvalue weighted by Crippen LogP contribution is 2.16. The molecule has 1 heterocycles. The second-order valence-corrected chi connectivity index (χ2v) is 4.44. The van der Waals surface area contributed by atoms with E-state index in [1.807, 2.05) is 13.8 Å². The lowest BCUT2D eigenvalue weighted by molar-refractivity contribution is -0.121. The highest BCUT2D eigenvalue weighted by Gasteiger charge is 2.12. The minimum Gasteiger partial charge on any atom is -0.369 e. The highest BCUT2D eigenvalue weighted by molar-refractivity contribution is 5.76.